The van der Waals surface area contributed by atoms with E-state index in [1.165, 1.54) is 12.1 Å². The summed E-state index contributed by atoms with van der Waals surface area (Å²) in [4.78, 5) is 33.1. The molecular weight excluding hydrogens is 389 g/mol. The molecule has 0 aliphatic carbocycles. The molecule has 1 aliphatic heterocycles. The minimum Gasteiger partial charge on any atom is -0.335 e. The number of benzene rings is 2. The topological polar surface area (TPSA) is 53.5 Å². The molecule has 1 saturated heterocycles. The van der Waals surface area contributed by atoms with Gasteiger partial charge in [0.05, 0.1) is 5.56 Å². The maximum absolute atomic E-state index is 13.9. The summed E-state index contributed by atoms with van der Waals surface area (Å²) in [5.74, 6) is -0.922. The van der Waals surface area contributed by atoms with Crippen LogP contribution in [0.1, 0.15) is 26.4 Å². The molecule has 3 aromatic rings. The Hall–Kier alpha value is -3.06. The molecule has 1 aromatic heterocycles. The summed E-state index contributed by atoms with van der Waals surface area (Å²) >= 11 is 1.58. The molecule has 7 heteroatoms. The number of thiazole rings is 1. The Bertz CT molecular complexity index is 1040. The summed E-state index contributed by atoms with van der Waals surface area (Å²) in [6.07, 6.45) is 0. The Morgan fingerprint density at radius 1 is 0.931 bits per heavy atom. The van der Waals surface area contributed by atoms with Gasteiger partial charge in [0.1, 0.15) is 10.8 Å². The van der Waals surface area contributed by atoms with Gasteiger partial charge >= 0.3 is 0 Å². The van der Waals surface area contributed by atoms with Crippen LogP contribution in [0.2, 0.25) is 0 Å². The predicted molar refractivity (Wildman–Crippen MR) is 110 cm³/mol. The molecule has 0 spiro atoms. The van der Waals surface area contributed by atoms with Gasteiger partial charge < -0.3 is 9.80 Å². The predicted octanol–water partition coefficient (Wildman–Crippen LogP) is 3.86. The Kier molecular flexibility index (Phi) is 5.40. The van der Waals surface area contributed by atoms with Gasteiger partial charge in [0.2, 0.25) is 0 Å². The monoisotopic (exact) mass is 409 g/mol. The molecule has 1 aliphatic rings. The van der Waals surface area contributed by atoms with Gasteiger partial charge in [-0.25, -0.2) is 9.37 Å². The third-order valence-corrected chi connectivity index (χ3v) is 5.97. The molecule has 0 saturated carbocycles. The van der Waals surface area contributed by atoms with Crippen molar-refractivity contribution in [3.63, 3.8) is 0 Å². The first-order valence-electron chi connectivity index (χ1n) is 9.38. The Labute approximate surface area is 172 Å². The van der Waals surface area contributed by atoms with Crippen LogP contribution >= 0.6 is 11.3 Å². The number of aryl methyl sites for hydroxylation is 1. The van der Waals surface area contributed by atoms with Crippen LogP contribution in [0.15, 0.2) is 53.9 Å². The molecular formula is C22H20FN3O2S. The average molecular weight is 409 g/mol. The molecule has 0 N–H and O–H groups in total. The molecule has 1 fully saturated rings. The fraction of sp³-hybridized carbons (Fsp3) is 0.227. The summed E-state index contributed by atoms with van der Waals surface area (Å²) in [5.41, 5.74) is 2.64. The van der Waals surface area contributed by atoms with Crippen LogP contribution in [0.5, 0.6) is 0 Å². The zero-order chi connectivity index (χ0) is 20.4. The van der Waals surface area contributed by atoms with Crippen LogP contribution in [0.3, 0.4) is 0 Å². The van der Waals surface area contributed by atoms with Gasteiger partial charge in [0.25, 0.3) is 11.8 Å². The highest BCUT2D eigenvalue weighted by Gasteiger charge is 2.26. The van der Waals surface area contributed by atoms with E-state index < -0.39 is 5.82 Å². The first-order chi connectivity index (χ1) is 14.0. The van der Waals surface area contributed by atoms with Crippen molar-refractivity contribution in [3.05, 3.63) is 76.5 Å². The standard InChI is InChI=1S/C22H20FN3O2S/c1-15-14-29-20(24-15)16-6-8-17(9-7-16)21(27)25-10-12-26(13-11-25)22(28)18-4-2-3-5-19(18)23/h2-9,14H,10-13H2,1H3. The second-order valence-electron chi connectivity index (χ2n) is 6.94. The number of nitrogens with zero attached hydrogens (tertiary/aromatic N) is 3. The van der Waals surface area contributed by atoms with E-state index >= 15 is 0 Å². The molecule has 2 amide bonds. The van der Waals surface area contributed by atoms with E-state index in [2.05, 4.69) is 4.98 Å². The second-order valence-corrected chi connectivity index (χ2v) is 7.79. The largest absolute Gasteiger partial charge is 0.335 e. The third kappa shape index (κ3) is 4.05. The quantitative estimate of drug-likeness (QED) is 0.660. The van der Waals surface area contributed by atoms with E-state index in [9.17, 15) is 14.0 Å². The lowest BCUT2D eigenvalue weighted by molar-refractivity contribution is 0.0533. The van der Waals surface area contributed by atoms with Crippen molar-refractivity contribution >= 4 is 23.2 Å². The van der Waals surface area contributed by atoms with Crippen molar-refractivity contribution in [3.8, 4) is 10.6 Å². The molecule has 4 rings (SSSR count). The lowest BCUT2D eigenvalue weighted by Crippen LogP contribution is -2.50. The van der Waals surface area contributed by atoms with Gasteiger partial charge in [-0.1, -0.05) is 24.3 Å². The van der Waals surface area contributed by atoms with Crippen LogP contribution in [0, 0.1) is 12.7 Å². The van der Waals surface area contributed by atoms with Crippen molar-refractivity contribution < 1.29 is 14.0 Å². The fourth-order valence-corrected chi connectivity index (χ4v) is 4.15. The van der Waals surface area contributed by atoms with Crippen LogP contribution in [0.25, 0.3) is 10.6 Å². The van der Waals surface area contributed by atoms with E-state index in [4.69, 9.17) is 0 Å². The zero-order valence-corrected chi connectivity index (χ0v) is 16.8. The van der Waals surface area contributed by atoms with Gasteiger partial charge in [-0.3, -0.25) is 9.59 Å². The number of amides is 2. The van der Waals surface area contributed by atoms with Gasteiger partial charge in [-0.15, -0.1) is 11.3 Å². The van der Waals surface area contributed by atoms with E-state index in [0.717, 1.165) is 16.3 Å². The van der Waals surface area contributed by atoms with Gasteiger partial charge in [0, 0.05) is 48.4 Å². The summed E-state index contributed by atoms with van der Waals surface area (Å²) in [7, 11) is 0. The molecule has 148 valence electrons. The fourth-order valence-electron chi connectivity index (χ4n) is 3.34. The van der Waals surface area contributed by atoms with Crippen LogP contribution < -0.4 is 0 Å². The van der Waals surface area contributed by atoms with E-state index in [1.54, 1.807) is 33.3 Å². The number of carbonyl (C=O) groups excluding carboxylic acids is 2. The Balaban J connectivity index is 1.39. The van der Waals surface area contributed by atoms with Gasteiger partial charge in [-0.05, 0) is 31.2 Å². The van der Waals surface area contributed by atoms with Crippen molar-refractivity contribution in [1.82, 2.24) is 14.8 Å². The molecule has 2 aromatic carbocycles. The Morgan fingerprint density at radius 2 is 1.55 bits per heavy atom. The van der Waals surface area contributed by atoms with Crippen LogP contribution in [-0.2, 0) is 0 Å². The Morgan fingerprint density at radius 3 is 2.14 bits per heavy atom. The third-order valence-electron chi connectivity index (χ3n) is 4.96. The van der Waals surface area contributed by atoms with Crippen LogP contribution in [-0.4, -0.2) is 52.8 Å². The highest BCUT2D eigenvalue weighted by Crippen LogP contribution is 2.24. The van der Waals surface area contributed by atoms with Gasteiger partial charge in [-0.2, -0.15) is 0 Å². The maximum atomic E-state index is 13.9. The number of hydrogen-bond donors (Lipinski definition) is 0. The number of hydrogen-bond acceptors (Lipinski definition) is 4. The lowest BCUT2D eigenvalue weighted by atomic mass is 10.1. The summed E-state index contributed by atoms with van der Waals surface area (Å²) in [5, 5.41) is 2.93. The number of piperazine rings is 1. The smallest absolute Gasteiger partial charge is 0.256 e. The summed E-state index contributed by atoms with van der Waals surface area (Å²) < 4.78 is 13.9. The number of rotatable bonds is 3. The molecule has 0 unspecified atom stereocenters. The molecule has 0 bridgehead atoms. The minimum absolute atomic E-state index is 0.0649. The number of aromatic nitrogens is 1. The maximum Gasteiger partial charge on any atom is 0.256 e. The van der Waals surface area contributed by atoms with Gasteiger partial charge in [0.15, 0.2) is 0 Å². The van der Waals surface area contributed by atoms with E-state index in [-0.39, 0.29) is 17.4 Å². The summed E-state index contributed by atoms with van der Waals surface area (Å²) in [6, 6.07) is 13.4. The highest BCUT2D eigenvalue weighted by molar-refractivity contribution is 7.13. The summed E-state index contributed by atoms with van der Waals surface area (Å²) in [6.45, 7) is 3.57. The molecule has 0 atom stereocenters. The van der Waals surface area contributed by atoms with Crippen molar-refractivity contribution in [2.75, 3.05) is 26.2 Å². The van der Waals surface area contributed by atoms with Crippen LogP contribution in [0.4, 0.5) is 4.39 Å². The normalized spacial score (nSPS) is 14.1. The SMILES string of the molecule is Cc1csc(-c2ccc(C(=O)N3CCN(C(=O)c4ccccc4F)CC3)cc2)n1. The minimum atomic E-state index is -0.522. The van der Waals surface area contributed by atoms with Crippen molar-refractivity contribution in [1.29, 1.82) is 0 Å². The zero-order valence-electron chi connectivity index (χ0n) is 16.0. The average Bonchev–Trinajstić information content (AvgIpc) is 3.20. The van der Waals surface area contributed by atoms with E-state index in [1.807, 2.05) is 36.6 Å². The first kappa shape index (κ1) is 19.3. The molecule has 29 heavy (non-hydrogen) atoms. The molecule has 2 heterocycles. The second kappa shape index (κ2) is 8.13. The lowest BCUT2D eigenvalue weighted by Gasteiger charge is -2.35. The number of halogens is 1. The number of carbonyl (C=O) groups is 2. The highest BCUT2D eigenvalue weighted by atomic mass is 32.1. The first-order valence-corrected chi connectivity index (χ1v) is 10.3. The van der Waals surface area contributed by atoms with E-state index in [0.29, 0.717) is 31.7 Å². The van der Waals surface area contributed by atoms with Crippen molar-refractivity contribution in [2.24, 2.45) is 0 Å². The molecule has 5 nitrogen and oxygen atoms in total. The molecule has 0 radical (unpaired) electrons. The van der Waals surface area contributed by atoms with Crippen molar-refractivity contribution in [2.45, 2.75) is 6.92 Å².